The summed E-state index contributed by atoms with van der Waals surface area (Å²) in [5, 5.41) is 0.790. The molecule has 0 saturated carbocycles. The van der Waals surface area contributed by atoms with Crippen molar-refractivity contribution >= 4 is 23.4 Å². The van der Waals surface area contributed by atoms with E-state index in [-0.39, 0.29) is 6.79 Å². The summed E-state index contributed by atoms with van der Waals surface area (Å²) in [6.07, 6.45) is 6.36. The summed E-state index contributed by atoms with van der Waals surface area (Å²) >= 11 is 8.40. The molecule has 0 saturated heterocycles. The van der Waals surface area contributed by atoms with Crippen molar-refractivity contribution in [2.45, 2.75) is 50.8 Å². The van der Waals surface area contributed by atoms with E-state index in [1.165, 1.54) is 16.2 Å². The molecule has 7 heteroatoms. The maximum absolute atomic E-state index is 6.67. The minimum atomic E-state index is 0.276. The van der Waals surface area contributed by atoms with Crippen LogP contribution in [0.3, 0.4) is 0 Å². The van der Waals surface area contributed by atoms with Gasteiger partial charge >= 0.3 is 0 Å². The topological polar surface area (TPSA) is 39.5 Å². The Morgan fingerprint density at radius 1 is 0.973 bits per heavy atom. The number of hydrogen-bond donors (Lipinski definition) is 0. The van der Waals surface area contributed by atoms with Gasteiger partial charge in [0.1, 0.15) is 5.82 Å². The predicted molar refractivity (Wildman–Crippen MR) is 151 cm³/mol. The van der Waals surface area contributed by atoms with Crippen molar-refractivity contribution < 1.29 is 9.47 Å². The molecule has 0 atom stereocenters. The highest BCUT2D eigenvalue weighted by atomic mass is 35.5. The molecule has 2 heterocycles. The number of rotatable bonds is 11. The lowest BCUT2D eigenvalue weighted by Crippen LogP contribution is -2.24. The first-order valence-electron chi connectivity index (χ1n) is 12.7. The van der Waals surface area contributed by atoms with E-state index >= 15 is 0 Å². The van der Waals surface area contributed by atoms with Crippen molar-refractivity contribution in [2.24, 2.45) is 0 Å². The normalized spacial score (nSPS) is 12.4. The minimum absolute atomic E-state index is 0.276. The highest BCUT2D eigenvalue weighted by Crippen LogP contribution is 2.33. The summed E-state index contributed by atoms with van der Waals surface area (Å²) in [4.78, 5) is 8.51. The minimum Gasteiger partial charge on any atom is -0.454 e. The average Bonchev–Trinajstić information content (AvgIpc) is 3.55. The second kappa shape index (κ2) is 12.1. The van der Waals surface area contributed by atoms with Crippen LogP contribution in [0.4, 0.5) is 0 Å². The van der Waals surface area contributed by atoms with E-state index in [4.69, 9.17) is 26.1 Å². The molecule has 0 bridgehead atoms. The number of fused-ring (bicyclic) bond motifs is 1. The Labute approximate surface area is 228 Å². The van der Waals surface area contributed by atoms with Crippen LogP contribution in [0.5, 0.6) is 11.5 Å². The molecule has 5 nitrogen and oxygen atoms in total. The van der Waals surface area contributed by atoms with Crippen LogP contribution in [-0.2, 0) is 26.2 Å². The van der Waals surface area contributed by atoms with Gasteiger partial charge in [0, 0.05) is 41.7 Å². The van der Waals surface area contributed by atoms with E-state index in [0.717, 1.165) is 72.5 Å². The molecular formula is C30H32ClN3O2S. The van der Waals surface area contributed by atoms with Gasteiger partial charge in [-0.15, -0.1) is 11.8 Å². The Balaban J connectivity index is 1.47. The molecule has 0 unspecified atom stereocenters. The summed E-state index contributed by atoms with van der Waals surface area (Å²) in [6, 6.07) is 22.9. The smallest absolute Gasteiger partial charge is 0.231 e. The summed E-state index contributed by atoms with van der Waals surface area (Å²) in [5.41, 5.74) is 4.63. The molecule has 3 aromatic carbocycles. The summed E-state index contributed by atoms with van der Waals surface area (Å²) in [5.74, 6) is 2.63. The summed E-state index contributed by atoms with van der Waals surface area (Å²) < 4.78 is 13.5. The molecule has 0 radical (unpaired) electrons. The molecule has 1 aliphatic rings. The highest BCUT2D eigenvalue weighted by molar-refractivity contribution is 7.98. The molecule has 4 aromatic rings. The molecule has 0 aliphatic carbocycles. The van der Waals surface area contributed by atoms with Crippen LogP contribution in [0.2, 0.25) is 5.02 Å². The zero-order valence-electron chi connectivity index (χ0n) is 21.3. The van der Waals surface area contributed by atoms with Gasteiger partial charge in [0.15, 0.2) is 11.5 Å². The average molecular weight is 534 g/mol. The second-order valence-electron chi connectivity index (χ2n) is 9.23. The van der Waals surface area contributed by atoms with Gasteiger partial charge in [-0.1, -0.05) is 61.3 Å². The molecular weight excluding hydrogens is 502 g/mol. The van der Waals surface area contributed by atoms with Crippen molar-refractivity contribution in [3.63, 3.8) is 0 Å². The number of thioether (sulfide) groups is 1. The molecule has 5 rings (SSSR count). The number of hydrogen-bond acceptors (Lipinski definition) is 5. The number of aromatic nitrogens is 2. The third-order valence-corrected chi connectivity index (χ3v) is 7.68. The van der Waals surface area contributed by atoms with Crippen LogP contribution in [-0.4, -0.2) is 27.5 Å². The van der Waals surface area contributed by atoms with E-state index < -0.39 is 0 Å². The SMILES string of the molecule is CCCCn1c(CN(Cc2ccc3c(c2)OCO3)Cc2cc(SC)ccc2Cl)cnc1-c1ccccc1. The Bertz CT molecular complexity index is 1340. The zero-order valence-corrected chi connectivity index (χ0v) is 22.9. The van der Waals surface area contributed by atoms with E-state index in [1.807, 2.05) is 24.4 Å². The first-order valence-corrected chi connectivity index (χ1v) is 14.3. The fourth-order valence-corrected chi connectivity index (χ4v) is 5.30. The summed E-state index contributed by atoms with van der Waals surface area (Å²) in [7, 11) is 0. The highest BCUT2D eigenvalue weighted by Gasteiger charge is 2.19. The second-order valence-corrected chi connectivity index (χ2v) is 10.5. The van der Waals surface area contributed by atoms with Gasteiger partial charge in [-0.2, -0.15) is 0 Å². The molecule has 0 fully saturated rings. The number of nitrogens with zero attached hydrogens (tertiary/aromatic N) is 3. The lowest BCUT2D eigenvalue weighted by atomic mass is 10.1. The van der Waals surface area contributed by atoms with Gasteiger partial charge in [-0.3, -0.25) is 4.90 Å². The first-order chi connectivity index (χ1) is 18.1. The van der Waals surface area contributed by atoms with E-state index in [0.29, 0.717) is 0 Å². The maximum Gasteiger partial charge on any atom is 0.231 e. The Morgan fingerprint density at radius 2 is 1.81 bits per heavy atom. The third kappa shape index (κ3) is 6.15. The van der Waals surface area contributed by atoms with Gasteiger partial charge < -0.3 is 14.0 Å². The molecule has 37 heavy (non-hydrogen) atoms. The quantitative estimate of drug-likeness (QED) is 0.185. The number of unbranched alkanes of at least 4 members (excludes halogenated alkanes) is 1. The number of imidazole rings is 1. The standard InChI is InChI=1S/C30H32ClN3O2S/c1-3-4-14-34-25(17-32-30(34)23-8-6-5-7-9-23)20-33(19-24-16-26(37-2)11-12-27(24)31)18-22-10-13-28-29(15-22)36-21-35-28/h5-13,15-17H,3-4,14,18-21H2,1-2H3. The molecule has 192 valence electrons. The summed E-state index contributed by atoms with van der Waals surface area (Å²) in [6.45, 7) is 5.66. The van der Waals surface area contributed by atoms with Crippen molar-refractivity contribution in [1.29, 1.82) is 0 Å². The fraction of sp³-hybridized carbons (Fsp3) is 0.300. The number of ether oxygens (including phenoxy) is 2. The van der Waals surface area contributed by atoms with Gasteiger partial charge in [0.05, 0.1) is 11.9 Å². The zero-order chi connectivity index (χ0) is 25.6. The van der Waals surface area contributed by atoms with Gasteiger partial charge in [0.25, 0.3) is 0 Å². The van der Waals surface area contributed by atoms with Crippen LogP contribution in [0, 0.1) is 0 Å². The fourth-order valence-electron chi connectivity index (χ4n) is 4.66. The number of halogens is 1. The first kappa shape index (κ1) is 25.7. The molecule has 0 spiro atoms. The van der Waals surface area contributed by atoms with Crippen molar-refractivity contribution in [2.75, 3.05) is 13.0 Å². The van der Waals surface area contributed by atoms with Gasteiger partial charge in [-0.25, -0.2) is 4.98 Å². The molecule has 1 aromatic heterocycles. The Morgan fingerprint density at radius 3 is 2.62 bits per heavy atom. The maximum atomic E-state index is 6.67. The number of benzene rings is 3. The van der Waals surface area contributed by atoms with Crippen LogP contribution in [0.25, 0.3) is 11.4 Å². The van der Waals surface area contributed by atoms with E-state index in [1.54, 1.807) is 11.8 Å². The van der Waals surface area contributed by atoms with Crippen molar-refractivity contribution in [3.8, 4) is 22.9 Å². The van der Waals surface area contributed by atoms with Crippen LogP contribution >= 0.6 is 23.4 Å². The molecule has 0 amide bonds. The Hall–Kier alpha value is -2.93. The van der Waals surface area contributed by atoms with Gasteiger partial charge in [-0.05, 0) is 54.1 Å². The lowest BCUT2D eigenvalue weighted by molar-refractivity contribution is 0.174. The third-order valence-electron chi connectivity index (χ3n) is 6.58. The molecule has 0 N–H and O–H groups in total. The van der Waals surface area contributed by atoms with Gasteiger partial charge in [0.2, 0.25) is 6.79 Å². The Kier molecular flexibility index (Phi) is 8.39. The lowest BCUT2D eigenvalue weighted by Gasteiger charge is -2.24. The van der Waals surface area contributed by atoms with Crippen molar-refractivity contribution in [1.82, 2.24) is 14.5 Å². The largest absolute Gasteiger partial charge is 0.454 e. The monoisotopic (exact) mass is 533 g/mol. The predicted octanol–water partition coefficient (Wildman–Crippen LogP) is 7.66. The molecule has 1 aliphatic heterocycles. The van der Waals surface area contributed by atoms with Crippen LogP contribution in [0.15, 0.2) is 77.8 Å². The van der Waals surface area contributed by atoms with Crippen LogP contribution < -0.4 is 9.47 Å². The van der Waals surface area contributed by atoms with E-state index in [9.17, 15) is 0 Å². The van der Waals surface area contributed by atoms with Crippen LogP contribution in [0.1, 0.15) is 36.6 Å². The van der Waals surface area contributed by atoms with Crippen molar-refractivity contribution in [3.05, 3.63) is 94.8 Å². The van der Waals surface area contributed by atoms with E-state index in [2.05, 4.69) is 71.2 Å².